The van der Waals surface area contributed by atoms with Crippen LogP contribution in [0.4, 0.5) is 11.4 Å². The number of hydrogen-bond donors (Lipinski definition) is 2. The van der Waals surface area contributed by atoms with Gasteiger partial charge in [0.25, 0.3) is 0 Å². The number of nitrogens with two attached hydrogens (primary N) is 1. The fourth-order valence-corrected chi connectivity index (χ4v) is 3.34. The number of nitrogen functional groups attached to an aromatic ring is 1. The van der Waals surface area contributed by atoms with Crippen molar-refractivity contribution in [2.45, 2.75) is 47.1 Å². The molecule has 3 aromatic rings. The summed E-state index contributed by atoms with van der Waals surface area (Å²) in [6.07, 6.45) is 1.07. The van der Waals surface area contributed by atoms with Crippen molar-refractivity contribution < 1.29 is 4.79 Å². The zero-order valence-electron chi connectivity index (χ0n) is 17.5. The highest BCUT2D eigenvalue weighted by Crippen LogP contribution is 2.20. The van der Waals surface area contributed by atoms with Crippen LogP contribution in [0.2, 0.25) is 0 Å². The summed E-state index contributed by atoms with van der Waals surface area (Å²) < 4.78 is 2.02. The molecule has 2 aromatic carbocycles. The highest BCUT2D eigenvalue weighted by atomic mass is 35.5. The molecule has 29 heavy (non-hydrogen) atoms. The minimum atomic E-state index is -0.0150. The molecule has 0 saturated heterocycles. The van der Waals surface area contributed by atoms with Gasteiger partial charge < -0.3 is 11.1 Å². The highest BCUT2D eigenvalue weighted by molar-refractivity contribution is 5.92. The number of carbonyl (C=O) groups is 1. The van der Waals surface area contributed by atoms with Gasteiger partial charge >= 0.3 is 0 Å². The molecule has 0 radical (unpaired) electrons. The van der Waals surface area contributed by atoms with Gasteiger partial charge in [-0.15, -0.1) is 12.4 Å². The van der Waals surface area contributed by atoms with E-state index in [0.29, 0.717) is 18.5 Å². The number of nitrogens with zero attached hydrogens (tertiary/aromatic N) is 2. The van der Waals surface area contributed by atoms with Crippen LogP contribution in [0.25, 0.3) is 0 Å². The molecule has 0 bridgehead atoms. The van der Waals surface area contributed by atoms with Crippen molar-refractivity contribution in [2.24, 2.45) is 0 Å². The Balaban J connectivity index is 0.00000300. The van der Waals surface area contributed by atoms with E-state index in [9.17, 15) is 4.79 Å². The first-order valence-electron chi connectivity index (χ1n) is 9.58. The SMILES string of the molecule is Cc1ccc(Cn2nc(C)c(CCC(=O)Nc3cc(N)ccc3C)c2C)cc1.Cl. The number of nitrogens with one attached hydrogen (secondary N) is 1. The number of amides is 1. The Morgan fingerprint density at radius 3 is 2.45 bits per heavy atom. The number of benzene rings is 2. The van der Waals surface area contributed by atoms with Gasteiger partial charge in [-0.2, -0.15) is 5.10 Å². The second kappa shape index (κ2) is 9.61. The van der Waals surface area contributed by atoms with Crippen molar-refractivity contribution in [2.75, 3.05) is 11.1 Å². The van der Waals surface area contributed by atoms with Crippen molar-refractivity contribution in [3.63, 3.8) is 0 Å². The molecule has 0 aliphatic rings. The minimum absolute atomic E-state index is 0. The van der Waals surface area contributed by atoms with Crippen molar-refractivity contribution in [3.05, 3.63) is 76.1 Å². The maximum Gasteiger partial charge on any atom is 0.224 e. The van der Waals surface area contributed by atoms with E-state index in [1.165, 1.54) is 11.1 Å². The predicted octanol–water partition coefficient (Wildman–Crippen LogP) is 4.74. The molecule has 0 aliphatic heterocycles. The molecule has 0 fully saturated rings. The number of hydrogen-bond acceptors (Lipinski definition) is 3. The monoisotopic (exact) mass is 412 g/mol. The second-order valence-corrected chi connectivity index (χ2v) is 7.42. The lowest BCUT2D eigenvalue weighted by atomic mass is 10.1. The zero-order chi connectivity index (χ0) is 20.3. The highest BCUT2D eigenvalue weighted by Gasteiger charge is 2.14. The second-order valence-electron chi connectivity index (χ2n) is 7.42. The fourth-order valence-electron chi connectivity index (χ4n) is 3.34. The molecule has 5 nitrogen and oxygen atoms in total. The van der Waals surface area contributed by atoms with Crippen LogP contribution < -0.4 is 11.1 Å². The van der Waals surface area contributed by atoms with Gasteiger partial charge in [-0.05, 0) is 62.9 Å². The molecule has 0 unspecified atom stereocenters. The quantitative estimate of drug-likeness (QED) is 0.574. The summed E-state index contributed by atoms with van der Waals surface area (Å²) >= 11 is 0. The van der Waals surface area contributed by atoms with E-state index in [1.54, 1.807) is 6.07 Å². The Hall–Kier alpha value is -2.79. The van der Waals surface area contributed by atoms with Gasteiger partial charge in [0.05, 0.1) is 12.2 Å². The first kappa shape index (κ1) is 22.5. The number of anilines is 2. The summed E-state index contributed by atoms with van der Waals surface area (Å²) in [5, 5.41) is 7.65. The van der Waals surface area contributed by atoms with Crippen LogP contribution in [0, 0.1) is 27.7 Å². The number of aromatic nitrogens is 2. The van der Waals surface area contributed by atoms with Crippen LogP contribution >= 0.6 is 12.4 Å². The van der Waals surface area contributed by atoms with Gasteiger partial charge in [0.1, 0.15) is 0 Å². The van der Waals surface area contributed by atoms with Crippen molar-refractivity contribution >= 4 is 29.7 Å². The van der Waals surface area contributed by atoms with Crippen LogP contribution in [0.15, 0.2) is 42.5 Å². The molecule has 3 N–H and O–H groups in total. The number of carbonyl (C=O) groups excluding carboxylic acids is 1. The molecule has 154 valence electrons. The summed E-state index contributed by atoms with van der Waals surface area (Å²) in [7, 11) is 0. The average molecular weight is 413 g/mol. The summed E-state index contributed by atoms with van der Waals surface area (Å²) in [5.41, 5.74) is 14.0. The first-order valence-corrected chi connectivity index (χ1v) is 9.58. The summed E-state index contributed by atoms with van der Waals surface area (Å²) in [4.78, 5) is 12.4. The van der Waals surface area contributed by atoms with Crippen LogP contribution in [0.1, 0.15) is 40.1 Å². The Kier molecular flexibility index (Phi) is 7.46. The topological polar surface area (TPSA) is 72.9 Å². The molecular weight excluding hydrogens is 384 g/mol. The number of rotatable bonds is 6. The van der Waals surface area contributed by atoms with Gasteiger partial charge in [0, 0.05) is 23.5 Å². The fraction of sp³-hybridized carbons (Fsp3) is 0.304. The molecule has 1 amide bonds. The van der Waals surface area contributed by atoms with E-state index < -0.39 is 0 Å². The molecule has 0 spiro atoms. The van der Waals surface area contributed by atoms with E-state index in [4.69, 9.17) is 5.73 Å². The van der Waals surface area contributed by atoms with E-state index >= 15 is 0 Å². The summed E-state index contributed by atoms with van der Waals surface area (Å²) in [5.74, 6) is -0.0150. The van der Waals surface area contributed by atoms with Crippen LogP contribution in [-0.4, -0.2) is 15.7 Å². The van der Waals surface area contributed by atoms with Crippen LogP contribution in [0.5, 0.6) is 0 Å². The third-order valence-electron chi connectivity index (χ3n) is 5.12. The van der Waals surface area contributed by atoms with Crippen LogP contribution in [0.3, 0.4) is 0 Å². The van der Waals surface area contributed by atoms with Gasteiger partial charge in [-0.1, -0.05) is 35.9 Å². The van der Waals surface area contributed by atoms with Crippen LogP contribution in [-0.2, 0) is 17.8 Å². The zero-order valence-corrected chi connectivity index (χ0v) is 18.3. The molecule has 0 aliphatic carbocycles. The van der Waals surface area contributed by atoms with E-state index in [0.717, 1.165) is 34.7 Å². The third kappa shape index (κ3) is 5.61. The summed E-state index contributed by atoms with van der Waals surface area (Å²) in [6.45, 7) is 8.86. The molecule has 0 atom stereocenters. The number of aryl methyl sites for hydroxylation is 3. The number of halogens is 1. The molecular formula is C23H29ClN4O. The lowest BCUT2D eigenvalue weighted by Gasteiger charge is -2.10. The predicted molar refractivity (Wildman–Crippen MR) is 122 cm³/mol. The molecule has 6 heteroatoms. The maximum absolute atomic E-state index is 12.4. The van der Waals surface area contributed by atoms with Gasteiger partial charge in [-0.3, -0.25) is 9.48 Å². The average Bonchev–Trinajstić information content (AvgIpc) is 2.91. The third-order valence-corrected chi connectivity index (χ3v) is 5.12. The Bertz CT molecular complexity index is 993. The minimum Gasteiger partial charge on any atom is -0.399 e. The van der Waals surface area contributed by atoms with Crippen molar-refractivity contribution in [1.82, 2.24) is 9.78 Å². The van der Waals surface area contributed by atoms with Gasteiger partial charge in [-0.25, -0.2) is 0 Å². The largest absolute Gasteiger partial charge is 0.399 e. The Labute approximate surface area is 178 Å². The lowest BCUT2D eigenvalue weighted by Crippen LogP contribution is -2.14. The normalized spacial score (nSPS) is 10.5. The standard InChI is InChI=1S/C23H28N4O.ClH/c1-15-5-8-19(9-6-15)14-27-18(4)21(17(3)26-27)11-12-23(28)25-22-13-20(24)10-7-16(22)2;/h5-10,13H,11-12,14,24H2,1-4H3,(H,25,28);1H. The van der Waals surface area contributed by atoms with Crippen molar-refractivity contribution in [3.8, 4) is 0 Å². The van der Waals surface area contributed by atoms with Gasteiger partial charge in [0.2, 0.25) is 5.91 Å². The van der Waals surface area contributed by atoms with Crippen molar-refractivity contribution in [1.29, 1.82) is 0 Å². The van der Waals surface area contributed by atoms with E-state index in [2.05, 4.69) is 48.5 Å². The molecule has 1 heterocycles. The molecule has 3 rings (SSSR count). The maximum atomic E-state index is 12.4. The molecule has 0 saturated carbocycles. The van der Waals surface area contributed by atoms with E-state index in [-0.39, 0.29) is 18.3 Å². The molecule has 1 aromatic heterocycles. The first-order chi connectivity index (χ1) is 13.3. The summed E-state index contributed by atoms with van der Waals surface area (Å²) in [6, 6.07) is 14.0. The smallest absolute Gasteiger partial charge is 0.224 e. The Morgan fingerprint density at radius 1 is 1.07 bits per heavy atom. The Morgan fingerprint density at radius 2 is 1.76 bits per heavy atom. The van der Waals surface area contributed by atoms with Gasteiger partial charge in [0.15, 0.2) is 0 Å². The lowest BCUT2D eigenvalue weighted by molar-refractivity contribution is -0.116. The van der Waals surface area contributed by atoms with E-state index in [1.807, 2.05) is 30.7 Å².